The molecule has 6 heteroatoms. The molecule has 25 heavy (non-hydrogen) atoms. The van der Waals surface area contributed by atoms with Crippen LogP contribution in [0.5, 0.6) is 0 Å². The molecule has 0 bridgehead atoms. The van der Waals surface area contributed by atoms with Crippen molar-refractivity contribution >= 4 is 21.6 Å². The molecule has 2 fully saturated rings. The van der Waals surface area contributed by atoms with Crippen LogP contribution in [0.4, 0.5) is 10.5 Å². The van der Waals surface area contributed by atoms with Crippen LogP contribution in [0.1, 0.15) is 58.3 Å². The topological polar surface area (TPSA) is 75.3 Å². The lowest BCUT2D eigenvalue weighted by Crippen LogP contribution is -2.43. The molecule has 1 aromatic carbocycles. The standard InChI is InChI=1S/C19H28N2O3S/c1-14-6-2-5-9-18(14)21-19(22)20-15-10-12-17(13-11-15)25(23,24)16-7-3-4-8-16/h10-14,16,18H,2-9H2,1H3,(H2,20,21,22). The van der Waals surface area contributed by atoms with Crippen molar-refractivity contribution in [3.63, 3.8) is 0 Å². The molecule has 0 heterocycles. The molecule has 2 aliphatic carbocycles. The molecular formula is C19H28N2O3S. The number of carbonyl (C=O) groups is 1. The molecule has 5 nitrogen and oxygen atoms in total. The van der Waals surface area contributed by atoms with Crippen LogP contribution in [0.15, 0.2) is 29.2 Å². The van der Waals surface area contributed by atoms with Crippen LogP contribution in [0, 0.1) is 5.92 Å². The highest BCUT2D eigenvalue weighted by Crippen LogP contribution is 2.30. The molecule has 1 aromatic rings. The summed E-state index contributed by atoms with van der Waals surface area (Å²) in [6, 6.07) is 6.55. The Kier molecular flexibility index (Phi) is 5.67. The average Bonchev–Trinajstić information content (AvgIpc) is 3.13. The molecule has 2 N–H and O–H groups in total. The lowest BCUT2D eigenvalue weighted by Gasteiger charge is -2.29. The van der Waals surface area contributed by atoms with E-state index in [1.807, 2.05) is 0 Å². The van der Waals surface area contributed by atoms with Gasteiger partial charge in [-0.1, -0.05) is 32.6 Å². The van der Waals surface area contributed by atoms with Crippen molar-refractivity contribution < 1.29 is 13.2 Å². The van der Waals surface area contributed by atoms with E-state index in [0.29, 0.717) is 16.5 Å². The molecule has 0 saturated heterocycles. The maximum atomic E-state index is 12.6. The molecule has 2 amide bonds. The number of benzene rings is 1. The summed E-state index contributed by atoms with van der Waals surface area (Å²) in [6.07, 6.45) is 8.05. The molecule has 3 rings (SSSR count). The highest BCUT2D eigenvalue weighted by atomic mass is 32.2. The van der Waals surface area contributed by atoms with Crippen LogP contribution in [-0.2, 0) is 9.84 Å². The van der Waals surface area contributed by atoms with E-state index in [2.05, 4.69) is 17.6 Å². The van der Waals surface area contributed by atoms with Crippen LogP contribution in [0.2, 0.25) is 0 Å². The fourth-order valence-corrected chi connectivity index (χ4v) is 5.84. The lowest BCUT2D eigenvalue weighted by atomic mass is 9.86. The third-order valence-corrected chi connectivity index (χ3v) is 7.89. The Labute approximate surface area is 150 Å². The number of hydrogen-bond donors (Lipinski definition) is 2. The maximum Gasteiger partial charge on any atom is 0.319 e. The zero-order valence-electron chi connectivity index (χ0n) is 14.8. The van der Waals surface area contributed by atoms with Gasteiger partial charge in [0.1, 0.15) is 0 Å². The third kappa shape index (κ3) is 4.35. The fraction of sp³-hybridized carbons (Fsp3) is 0.632. The molecule has 2 unspecified atom stereocenters. The quantitative estimate of drug-likeness (QED) is 0.844. The summed E-state index contributed by atoms with van der Waals surface area (Å²) in [5.41, 5.74) is 0.617. The number of rotatable bonds is 4. The Morgan fingerprint density at radius 1 is 0.960 bits per heavy atom. The van der Waals surface area contributed by atoms with Crippen molar-refractivity contribution in [3.05, 3.63) is 24.3 Å². The van der Waals surface area contributed by atoms with Crippen LogP contribution in [0.3, 0.4) is 0 Å². The summed E-state index contributed by atoms with van der Waals surface area (Å²) in [4.78, 5) is 12.5. The average molecular weight is 365 g/mol. The zero-order valence-corrected chi connectivity index (χ0v) is 15.6. The number of anilines is 1. The van der Waals surface area contributed by atoms with Gasteiger partial charge in [0.15, 0.2) is 9.84 Å². The summed E-state index contributed by atoms with van der Waals surface area (Å²) < 4.78 is 25.1. The Morgan fingerprint density at radius 2 is 1.56 bits per heavy atom. The molecule has 0 spiro atoms. The van der Waals surface area contributed by atoms with Crippen molar-refractivity contribution in [2.45, 2.75) is 74.5 Å². The van der Waals surface area contributed by atoms with Gasteiger partial charge in [-0.2, -0.15) is 0 Å². The van der Waals surface area contributed by atoms with E-state index >= 15 is 0 Å². The molecule has 0 aliphatic heterocycles. The first-order valence-electron chi connectivity index (χ1n) is 9.38. The van der Waals surface area contributed by atoms with Crippen molar-refractivity contribution in [2.24, 2.45) is 5.92 Å². The Balaban J connectivity index is 1.59. The molecule has 2 atom stereocenters. The second kappa shape index (κ2) is 7.77. The number of nitrogens with one attached hydrogen (secondary N) is 2. The van der Waals surface area contributed by atoms with Crippen molar-refractivity contribution in [2.75, 3.05) is 5.32 Å². The van der Waals surface area contributed by atoms with E-state index in [1.165, 1.54) is 6.42 Å². The minimum atomic E-state index is -3.24. The molecule has 2 saturated carbocycles. The van der Waals surface area contributed by atoms with Crippen LogP contribution < -0.4 is 10.6 Å². The van der Waals surface area contributed by atoms with Gasteiger partial charge in [0.25, 0.3) is 0 Å². The lowest BCUT2D eigenvalue weighted by molar-refractivity contribution is 0.232. The van der Waals surface area contributed by atoms with E-state index in [1.54, 1.807) is 24.3 Å². The largest absolute Gasteiger partial charge is 0.335 e. The van der Waals surface area contributed by atoms with Crippen LogP contribution in [-0.4, -0.2) is 25.7 Å². The van der Waals surface area contributed by atoms with Crippen molar-refractivity contribution in [1.29, 1.82) is 0 Å². The SMILES string of the molecule is CC1CCCCC1NC(=O)Nc1ccc(S(=O)(=O)C2CCCC2)cc1. The Morgan fingerprint density at radius 3 is 2.20 bits per heavy atom. The fourth-order valence-electron chi connectivity index (χ4n) is 3.99. The van der Waals surface area contributed by atoms with Gasteiger partial charge < -0.3 is 10.6 Å². The second-order valence-corrected chi connectivity index (χ2v) is 9.67. The normalized spacial score (nSPS) is 24.8. The van der Waals surface area contributed by atoms with Gasteiger partial charge in [-0.05, 0) is 55.9 Å². The summed E-state index contributed by atoms with van der Waals surface area (Å²) in [5, 5.41) is 5.60. The maximum absolute atomic E-state index is 12.6. The highest BCUT2D eigenvalue weighted by Gasteiger charge is 2.30. The third-order valence-electron chi connectivity index (χ3n) is 5.61. The molecule has 138 valence electrons. The summed E-state index contributed by atoms with van der Waals surface area (Å²) in [7, 11) is -3.24. The van der Waals surface area contributed by atoms with Gasteiger partial charge in [-0.25, -0.2) is 13.2 Å². The monoisotopic (exact) mass is 364 g/mol. The van der Waals surface area contributed by atoms with Crippen LogP contribution >= 0.6 is 0 Å². The Hall–Kier alpha value is -1.56. The smallest absolute Gasteiger partial charge is 0.319 e. The summed E-state index contributed by atoms with van der Waals surface area (Å²) in [6.45, 7) is 2.17. The minimum Gasteiger partial charge on any atom is -0.335 e. The Bertz CT molecular complexity index is 694. The predicted molar refractivity (Wildman–Crippen MR) is 99.5 cm³/mol. The highest BCUT2D eigenvalue weighted by molar-refractivity contribution is 7.92. The first-order chi connectivity index (χ1) is 12.0. The number of urea groups is 1. The van der Waals surface area contributed by atoms with Gasteiger partial charge in [0, 0.05) is 11.7 Å². The number of amides is 2. The van der Waals surface area contributed by atoms with E-state index in [-0.39, 0.29) is 17.3 Å². The number of carbonyl (C=O) groups excluding carboxylic acids is 1. The first-order valence-corrected chi connectivity index (χ1v) is 10.9. The van der Waals surface area contributed by atoms with Crippen molar-refractivity contribution in [1.82, 2.24) is 5.32 Å². The summed E-state index contributed by atoms with van der Waals surface area (Å²) in [5.74, 6) is 0.499. The van der Waals surface area contributed by atoms with Gasteiger partial charge in [0.2, 0.25) is 0 Å². The van der Waals surface area contributed by atoms with E-state index in [0.717, 1.165) is 44.9 Å². The molecular weight excluding hydrogens is 336 g/mol. The first kappa shape index (κ1) is 18.2. The van der Waals surface area contributed by atoms with E-state index < -0.39 is 9.84 Å². The molecule has 2 aliphatic rings. The molecule has 0 aromatic heterocycles. The number of hydrogen-bond acceptors (Lipinski definition) is 3. The van der Waals surface area contributed by atoms with Crippen molar-refractivity contribution in [3.8, 4) is 0 Å². The van der Waals surface area contributed by atoms with Gasteiger partial charge in [-0.15, -0.1) is 0 Å². The van der Waals surface area contributed by atoms with E-state index in [4.69, 9.17) is 0 Å². The van der Waals surface area contributed by atoms with E-state index in [9.17, 15) is 13.2 Å². The summed E-state index contributed by atoms with van der Waals surface area (Å²) >= 11 is 0. The van der Waals surface area contributed by atoms with Gasteiger partial charge in [-0.3, -0.25) is 0 Å². The number of sulfone groups is 1. The van der Waals surface area contributed by atoms with Gasteiger partial charge >= 0.3 is 6.03 Å². The molecule has 0 radical (unpaired) electrons. The van der Waals surface area contributed by atoms with Crippen LogP contribution in [0.25, 0.3) is 0 Å². The minimum absolute atomic E-state index is 0.217. The second-order valence-electron chi connectivity index (χ2n) is 7.44. The predicted octanol–water partition coefficient (Wildman–Crippen LogP) is 4.10. The van der Waals surface area contributed by atoms with Gasteiger partial charge in [0.05, 0.1) is 10.1 Å². The zero-order chi connectivity index (χ0) is 17.9.